The molecule has 3 rings (SSSR count). The van der Waals surface area contributed by atoms with Gasteiger partial charge in [-0.3, -0.25) is 0 Å². The molecule has 1 saturated heterocycles. The molecule has 1 aliphatic heterocycles. The predicted molar refractivity (Wildman–Crippen MR) is 91.9 cm³/mol. The number of para-hydroxylation sites is 1. The molecule has 0 spiro atoms. The maximum atomic E-state index is 12.5. The van der Waals surface area contributed by atoms with Crippen molar-refractivity contribution in [3.63, 3.8) is 0 Å². The monoisotopic (exact) mass is 326 g/mol. The molecule has 1 N–H and O–H groups in total. The van der Waals surface area contributed by atoms with Crippen LogP contribution in [0.5, 0.6) is 5.75 Å². The summed E-state index contributed by atoms with van der Waals surface area (Å²) in [6.07, 6.45) is -0.0723. The van der Waals surface area contributed by atoms with Gasteiger partial charge < -0.3 is 19.7 Å². The zero-order valence-electron chi connectivity index (χ0n) is 13.8. The van der Waals surface area contributed by atoms with Gasteiger partial charge in [0.1, 0.15) is 11.9 Å². The summed E-state index contributed by atoms with van der Waals surface area (Å²) in [5.74, 6) is 0.780. The third-order valence-corrected chi connectivity index (χ3v) is 4.15. The van der Waals surface area contributed by atoms with Crippen molar-refractivity contribution in [1.29, 1.82) is 0 Å². The number of hydrogen-bond donors (Lipinski definition) is 1. The molecule has 1 aliphatic rings. The lowest BCUT2D eigenvalue weighted by Gasteiger charge is -2.33. The van der Waals surface area contributed by atoms with Crippen LogP contribution in [0, 0.1) is 0 Å². The van der Waals surface area contributed by atoms with E-state index in [4.69, 9.17) is 9.47 Å². The van der Waals surface area contributed by atoms with Gasteiger partial charge in [0.2, 0.25) is 0 Å². The number of amides is 2. The van der Waals surface area contributed by atoms with Gasteiger partial charge in [-0.1, -0.05) is 48.5 Å². The zero-order chi connectivity index (χ0) is 16.8. The molecular weight excluding hydrogens is 304 g/mol. The van der Waals surface area contributed by atoms with E-state index in [1.165, 1.54) is 0 Å². The fraction of sp³-hybridized carbons (Fsp3) is 0.316. The molecule has 0 radical (unpaired) electrons. The zero-order valence-corrected chi connectivity index (χ0v) is 13.8. The number of methoxy groups -OCH3 is 1. The van der Waals surface area contributed by atoms with Crippen LogP contribution >= 0.6 is 0 Å². The van der Waals surface area contributed by atoms with Gasteiger partial charge in [0.05, 0.1) is 20.3 Å². The third kappa shape index (κ3) is 3.86. The molecule has 0 bridgehead atoms. The minimum atomic E-state index is -0.0786. The largest absolute Gasteiger partial charge is 0.496 e. The van der Waals surface area contributed by atoms with Crippen molar-refractivity contribution in [3.8, 4) is 5.75 Å². The number of nitrogens with one attached hydrogen (secondary N) is 1. The van der Waals surface area contributed by atoms with Crippen LogP contribution in [0.3, 0.4) is 0 Å². The van der Waals surface area contributed by atoms with E-state index in [1.54, 1.807) is 12.0 Å². The van der Waals surface area contributed by atoms with Crippen molar-refractivity contribution in [2.45, 2.75) is 12.6 Å². The molecule has 1 atom stereocenters. The van der Waals surface area contributed by atoms with Crippen LogP contribution in [0.15, 0.2) is 54.6 Å². The van der Waals surface area contributed by atoms with Crippen molar-refractivity contribution in [2.75, 3.05) is 26.8 Å². The Morgan fingerprint density at radius 3 is 2.75 bits per heavy atom. The normalized spacial score (nSPS) is 17.4. The Labute approximate surface area is 142 Å². The number of hydrogen-bond acceptors (Lipinski definition) is 3. The summed E-state index contributed by atoms with van der Waals surface area (Å²) in [5.41, 5.74) is 2.06. The number of benzene rings is 2. The van der Waals surface area contributed by atoms with E-state index in [-0.39, 0.29) is 12.1 Å². The third-order valence-electron chi connectivity index (χ3n) is 4.15. The van der Waals surface area contributed by atoms with Crippen LogP contribution in [0.1, 0.15) is 17.2 Å². The molecule has 1 fully saturated rings. The van der Waals surface area contributed by atoms with Crippen LogP contribution in [0.4, 0.5) is 4.79 Å². The molecule has 0 unspecified atom stereocenters. The summed E-state index contributed by atoms with van der Waals surface area (Å²) < 4.78 is 11.1. The molecule has 0 saturated carbocycles. The van der Waals surface area contributed by atoms with E-state index in [9.17, 15) is 4.79 Å². The van der Waals surface area contributed by atoms with E-state index < -0.39 is 0 Å². The minimum Gasteiger partial charge on any atom is -0.496 e. The molecule has 24 heavy (non-hydrogen) atoms. The summed E-state index contributed by atoms with van der Waals surface area (Å²) >= 11 is 0. The molecule has 126 valence electrons. The number of carbonyl (C=O) groups is 1. The second-order valence-electron chi connectivity index (χ2n) is 5.69. The summed E-state index contributed by atoms with van der Waals surface area (Å²) in [6.45, 7) is 2.14. The Kier molecular flexibility index (Phi) is 5.33. The minimum absolute atomic E-state index is 0.0723. The van der Waals surface area contributed by atoms with Gasteiger partial charge in [-0.25, -0.2) is 4.79 Å². The number of ether oxygens (including phenoxy) is 2. The molecule has 5 heteroatoms. The number of carbonyl (C=O) groups excluding carboxylic acids is 1. The average molecular weight is 326 g/mol. The van der Waals surface area contributed by atoms with E-state index in [0.29, 0.717) is 26.2 Å². The molecule has 2 aromatic carbocycles. The van der Waals surface area contributed by atoms with Crippen molar-refractivity contribution in [2.24, 2.45) is 0 Å². The highest BCUT2D eigenvalue weighted by Gasteiger charge is 2.25. The van der Waals surface area contributed by atoms with Gasteiger partial charge in [0.25, 0.3) is 0 Å². The van der Waals surface area contributed by atoms with Crippen LogP contribution in [-0.4, -0.2) is 37.7 Å². The van der Waals surface area contributed by atoms with Gasteiger partial charge in [-0.05, 0) is 11.6 Å². The Bertz CT molecular complexity index is 675. The Balaban J connectivity index is 1.58. The van der Waals surface area contributed by atoms with Crippen molar-refractivity contribution in [1.82, 2.24) is 10.2 Å². The van der Waals surface area contributed by atoms with Crippen LogP contribution in [0.25, 0.3) is 0 Å². The van der Waals surface area contributed by atoms with E-state index >= 15 is 0 Å². The lowest BCUT2D eigenvalue weighted by Crippen LogP contribution is -2.46. The van der Waals surface area contributed by atoms with Crippen molar-refractivity contribution >= 4 is 6.03 Å². The first-order valence-corrected chi connectivity index (χ1v) is 8.09. The van der Waals surface area contributed by atoms with Crippen molar-refractivity contribution < 1.29 is 14.3 Å². The molecule has 1 heterocycles. The first kappa shape index (κ1) is 16.3. The summed E-state index contributed by atoms with van der Waals surface area (Å²) in [4.78, 5) is 14.3. The molecule has 5 nitrogen and oxygen atoms in total. The second kappa shape index (κ2) is 7.84. The maximum absolute atomic E-state index is 12.5. The highest BCUT2D eigenvalue weighted by atomic mass is 16.5. The second-order valence-corrected chi connectivity index (χ2v) is 5.69. The van der Waals surface area contributed by atoms with Crippen LogP contribution in [-0.2, 0) is 11.3 Å². The van der Waals surface area contributed by atoms with Crippen molar-refractivity contribution in [3.05, 3.63) is 65.7 Å². The smallest absolute Gasteiger partial charge is 0.317 e. The van der Waals surface area contributed by atoms with Gasteiger partial charge in [-0.15, -0.1) is 0 Å². The number of nitrogens with zero attached hydrogens (tertiary/aromatic N) is 1. The highest BCUT2D eigenvalue weighted by Crippen LogP contribution is 2.22. The quantitative estimate of drug-likeness (QED) is 0.940. The molecule has 0 aromatic heterocycles. The van der Waals surface area contributed by atoms with E-state index in [1.807, 2.05) is 54.6 Å². The maximum Gasteiger partial charge on any atom is 0.317 e. The van der Waals surface area contributed by atoms with Crippen LogP contribution < -0.4 is 10.1 Å². The van der Waals surface area contributed by atoms with Crippen LogP contribution in [0.2, 0.25) is 0 Å². The number of rotatable bonds is 4. The lowest BCUT2D eigenvalue weighted by molar-refractivity contribution is -0.0154. The SMILES string of the molecule is COc1ccccc1CNC(=O)N1CCO[C@H](c2ccccc2)C1. The Morgan fingerprint density at radius 1 is 1.21 bits per heavy atom. The topological polar surface area (TPSA) is 50.8 Å². The Hall–Kier alpha value is -2.53. The lowest BCUT2D eigenvalue weighted by atomic mass is 10.1. The summed E-state index contributed by atoms with van der Waals surface area (Å²) in [6, 6.07) is 17.6. The first-order chi connectivity index (χ1) is 11.8. The predicted octanol–water partition coefficient (Wildman–Crippen LogP) is 2.98. The van der Waals surface area contributed by atoms with Gasteiger partial charge in [0, 0.05) is 18.7 Å². The molecular formula is C19H22N2O3. The fourth-order valence-electron chi connectivity index (χ4n) is 2.83. The molecule has 2 amide bonds. The van der Waals surface area contributed by atoms with E-state index in [2.05, 4.69) is 5.32 Å². The van der Waals surface area contributed by atoms with Gasteiger partial charge in [0.15, 0.2) is 0 Å². The fourth-order valence-corrected chi connectivity index (χ4v) is 2.83. The standard InChI is InChI=1S/C19H22N2O3/c1-23-17-10-6-5-9-16(17)13-20-19(22)21-11-12-24-18(14-21)15-7-3-2-4-8-15/h2-10,18H,11-14H2,1H3,(H,20,22)/t18-/m0/s1. The van der Waals surface area contributed by atoms with Gasteiger partial charge >= 0.3 is 6.03 Å². The number of morpholine rings is 1. The molecule has 2 aromatic rings. The average Bonchev–Trinajstić information content (AvgIpc) is 2.67. The highest BCUT2D eigenvalue weighted by molar-refractivity contribution is 5.74. The first-order valence-electron chi connectivity index (χ1n) is 8.09. The number of urea groups is 1. The van der Waals surface area contributed by atoms with Gasteiger partial charge in [-0.2, -0.15) is 0 Å². The summed E-state index contributed by atoms with van der Waals surface area (Å²) in [7, 11) is 1.63. The summed E-state index contributed by atoms with van der Waals surface area (Å²) in [5, 5.41) is 2.97. The van der Waals surface area contributed by atoms with E-state index in [0.717, 1.165) is 16.9 Å². The Morgan fingerprint density at radius 2 is 1.96 bits per heavy atom. The molecule has 0 aliphatic carbocycles.